The zero-order chi connectivity index (χ0) is 19.5. The van der Waals surface area contributed by atoms with Gasteiger partial charge in [-0.2, -0.15) is 0 Å². The normalized spacial score (nSPS) is 26.6. The molecule has 0 aliphatic heterocycles. The van der Waals surface area contributed by atoms with Crippen molar-refractivity contribution >= 4 is 5.78 Å². The average molecular weight is 351 g/mol. The van der Waals surface area contributed by atoms with Crippen LogP contribution >= 0.6 is 0 Å². The second-order valence-corrected chi connectivity index (χ2v) is 8.56. The van der Waals surface area contributed by atoms with Crippen molar-refractivity contribution in [3.63, 3.8) is 0 Å². The molecule has 148 valence electrons. The maximum absolute atomic E-state index is 14.1. The largest absolute Gasteiger partial charge is 0.299 e. The van der Waals surface area contributed by atoms with Crippen molar-refractivity contribution in [2.24, 2.45) is 27.6 Å². The monoisotopic (exact) mass is 350 g/mol. The van der Waals surface area contributed by atoms with Crippen LogP contribution in [0.5, 0.6) is 0 Å². The summed E-state index contributed by atoms with van der Waals surface area (Å²) in [5.41, 5.74) is 0.397. The summed E-state index contributed by atoms with van der Waals surface area (Å²) in [6.07, 6.45) is 9.98. The zero-order valence-electron chi connectivity index (χ0n) is 18.8. The second-order valence-electron chi connectivity index (χ2n) is 8.56. The SMILES string of the molecule is CCC1C(=O)C(CC)(CC)C(CC)(CC)C(CC)(CC)C1(CC)CC. The van der Waals surface area contributed by atoms with Gasteiger partial charge in [-0.05, 0) is 74.0 Å². The third-order valence-corrected chi connectivity index (χ3v) is 9.53. The molecule has 1 atom stereocenters. The molecule has 1 heteroatoms. The number of rotatable bonds is 9. The Bertz CT molecular complexity index is 431. The summed E-state index contributed by atoms with van der Waals surface area (Å²) in [5.74, 6) is 0.846. The Morgan fingerprint density at radius 1 is 0.600 bits per heavy atom. The third kappa shape index (κ3) is 2.36. The summed E-state index contributed by atoms with van der Waals surface area (Å²) in [7, 11) is 0. The highest BCUT2D eigenvalue weighted by atomic mass is 16.1. The van der Waals surface area contributed by atoms with E-state index in [0.29, 0.717) is 5.78 Å². The predicted molar refractivity (Wildman–Crippen MR) is 111 cm³/mol. The van der Waals surface area contributed by atoms with Crippen molar-refractivity contribution in [2.75, 3.05) is 0 Å². The lowest BCUT2D eigenvalue weighted by molar-refractivity contribution is -0.235. The summed E-state index contributed by atoms with van der Waals surface area (Å²) in [5, 5.41) is 0. The Kier molecular flexibility index (Phi) is 7.39. The standard InChI is InChI=1S/C24H46O/c1-10-19-20(25)22(13-4,14-5)24(17-8,18-9)23(15-6,16-7)21(19,11-2)12-3/h19H,10-18H2,1-9H3. The molecule has 0 N–H and O–H groups in total. The fourth-order valence-electron chi connectivity index (χ4n) is 8.59. The van der Waals surface area contributed by atoms with E-state index in [1.807, 2.05) is 0 Å². The van der Waals surface area contributed by atoms with Crippen molar-refractivity contribution in [2.45, 2.75) is 120 Å². The number of Topliss-reactive ketones (excluding diaryl/α,β-unsaturated/α-hetero) is 1. The number of hydrogen-bond donors (Lipinski definition) is 0. The minimum absolute atomic E-state index is 0.127. The molecule has 1 nitrogen and oxygen atoms in total. The first-order valence-electron chi connectivity index (χ1n) is 11.4. The molecule has 0 spiro atoms. The fourth-order valence-corrected chi connectivity index (χ4v) is 8.59. The van der Waals surface area contributed by atoms with E-state index in [1.54, 1.807) is 0 Å². The van der Waals surface area contributed by atoms with Crippen LogP contribution in [-0.2, 0) is 4.79 Å². The van der Waals surface area contributed by atoms with Crippen LogP contribution in [0.3, 0.4) is 0 Å². The average Bonchev–Trinajstić information content (AvgIpc) is 2.66. The highest BCUT2D eigenvalue weighted by Gasteiger charge is 2.72. The fraction of sp³-hybridized carbons (Fsp3) is 0.958. The van der Waals surface area contributed by atoms with Gasteiger partial charge < -0.3 is 0 Å². The molecule has 0 radical (unpaired) electrons. The van der Waals surface area contributed by atoms with E-state index in [0.717, 1.165) is 44.9 Å². The predicted octanol–water partition coefficient (Wildman–Crippen LogP) is 7.82. The topological polar surface area (TPSA) is 17.1 Å². The van der Waals surface area contributed by atoms with Crippen molar-refractivity contribution in [1.82, 2.24) is 0 Å². The summed E-state index contributed by atoms with van der Waals surface area (Å²) in [4.78, 5) is 14.1. The molecular formula is C24H46O. The molecule has 1 saturated carbocycles. The molecule has 1 unspecified atom stereocenters. The van der Waals surface area contributed by atoms with E-state index in [4.69, 9.17) is 0 Å². The van der Waals surface area contributed by atoms with Gasteiger partial charge in [0.2, 0.25) is 0 Å². The first-order chi connectivity index (χ1) is 11.8. The lowest BCUT2D eigenvalue weighted by Gasteiger charge is -2.72. The van der Waals surface area contributed by atoms with Gasteiger partial charge in [-0.25, -0.2) is 0 Å². The van der Waals surface area contributed by atoms with Crippen LogP contribution in [-0.4, -0.2) is 5.78 Å². The first kappa shape index (κ1) is 22.7. The minimum Gasteiger partial charge on any atom is -0.299 e. The minimum atomic E-state index is -0.142. The van der Waals surface area contributed by atoms with Gasteiger partial charge in [-0.3, -0.25) is 4.79 Å². The number of carbonyl (C=O) groups is 1. The molecule has 1 fully saturated rings. The Morgan fingerprint density at radius 2 is 1.00 bits per heavy atom. The van der Waals surface area contributed by atoms with Gasteiger partial charge in [0.15, 0.2) is 0 Å². The van der Waals surface area contributed by atoms with Crippen molar-refractivity contribution < 1.29 is 4.79 Å². The Balaban J connectivity index is 4.05. The van der Waals surface area contributed by atoms with E-state index < -0.39 is 0 Å². The Hall–Kier alpha value is -0.330. The lowest BCUT2D eigenvalue weighted by atomic mass is 9.30. The maximum atomic E-state index is 14.1. The molecule has 1 aliphatic rings. The highest BCUT2D eigenvalue weighted by Crippen LogP contribution is 2.76. The Labute approximate surface area is 158 Å². The van der Waals surface area contributed by atoms with Crippen LogP contribution in [0.4, 0.5) is 0 Å². The van der Waals surface area contributed by atoms with Crippen LogP contribution in [0.1, 0.15) is 120 Å². The van der Waals surface area contributed by atoms with Gasteiger partial charge in [0.05, 0.1) is 0 Å². The molecule has 0 aromatic heterocycles. The molecule has 0 amide bonds. The van der Waals surface area contributed by atoms with Gasteiger partial charge >= 0.3 is 0 Å². The Morgan fingerprint density at radius 3 is 1.24 bits per heavy atom. The van der Waals surface area contributed by atoms with Gasteiger partial charge in [0.25, 0.3) is 0 Å². The zero-order valence-corrected chi connectivity index (χ0v) is 18.8. The van der Waals surface area contributed by atoms with Gasteiger partial charge in [-0.1, -0.05) is 62.3 Å². The molecular weight excluding hydrogens is 304 g/mol. The first-order valence-corrected chi connectivity index (χ1v) is 11.4. The van der Waals surface area contributed by atoms with E-state index in [-0.39, 0.29) is 27.6 Å². The number of ketones is 1. The number of hydrogen-bond acceptors (Lipinski definition) is 1. The van der Waals surface area contributed by atoms with Gasteiger partial charge in [0, 0.05) is 11.3 Å². The molecule has 25 heavy (non-hydrogen) atoms. The van der Waals surface area contributed by atoms with E-state index in [1.165, 1.54) is 12.8 Å². The quantitative estimate of drug-likeness (QED) is 0.414. The molecule has 0 aromatic rings. The summed E-state index contributed by atoms with van der Waals surface area (Å²) in [6, 6.07) is 0. The van der Waals surface area contributed by atoms with Gasteiger partial charge in [-0.15, -0.1) is 0 Å². The third-order valence-electron chi connectivity index (χ3n) is 9.53. The molecule has 1 aliphatic carbocycles. The van der Waals surface area contributed by atoms with Crippen LogP contribution < -0.4 is 0 Å². The number of carbonyl (C=O) groups excluding carboxylic acids is 1. The van der Waals surface area contributed by atoms with Crippen molar-refractivity contribution in [3.8, 4) is 0 Å². The summed E-state index contributed by atoms with van der Waals surface area (Å²) in [6.45, 7) is 21.1. The molecule has 0 saturated heterocycles. The van der Waals surface area contributed by atoms with Gasteiger partial charge in [0.1, 0.15) is 5.78 Å². The molecule has 0 bridgehead atoms. The molecule has 0 heterocycles. The molecule has 0 aromatic carbocycles. The molecule has 1 rings (SSSR count). The van der Waals surface area contributed by atoms with Crippen LogP contribution in [0.25, 0.3) is 0 Å². The van der Waals surface area contributed by atoms with E-state index >= 15 is 0 Å². The maximum Gasteiger partial charge on any atom is 0.143 e. The van der Waals surface area contributed by atoms with E-state index in [2.05, 4.69) is 62.3 Å². The highest BCUT2D eigenvalue weighted by molar-refractivity contribution is 5.90. The van der Waals surface area contributed by atoms with Crippen molar-refractivity contribution in [3.05, 3.63) is 0 Å². The lowest BCUT2D eigenvalue weighted by Crippen LogP contribution is -2.70. The van der Waals surface area contributed by atoms with Crippen molar-refractivity contribution in [1.29, 1.82) is 0 Å². The van der Waals surface area contributed by atoms with Crippen LogP contribution in [0.15, 0.2) is 0 Å². The summed E-state index contributed by atoms with van der Waals surface area (Å²) >= 11 is 0. The summed E-state index contributed by atoms with van der Waals surface area (Å²) < 4.78 is 0. The smallest absolute Gasteiger partial charge is 0.143 e. The second kappa shape index (κ2) is 8.13. The van der Waals surface area contributed by atoms with Crippen LogP contribution in [0, 0.1) is 27.6 Å². The van der Waals surface area contributed by atoms with E-state index in [9.17, 15) is 4.79 Å². The van der Waals surface area contributed by atoms with Crippen LogP contribution in [0.2, 0.25) is 0 Å².